The number of nitrogen functional groups attached to an aromatic ring is 1. The molecule has 2 rings (SSSR count). The lowest BCUT2D eigenvalue weighted by molar-refractivity contribution is 0.0917. The Morgan fingerprint density at radius 3 is 2.65 bits per heavy atom. The van der Waals surface area contributed by atoms with Crippen molar-refractivity contribution >= 4 is 11.7 Å². The van der Waals surface area contributed by atoms with E-state index >= 15 is 0 Å². The summed E-state index contributed by atoms with van der Waals surface area (Å²) in [5, 5.41) is 6.98. The van der Waals surface area contributed by atoms with Gasteiger partial charge in [0.05, 0.1) is 6.20 Å². The Morgan fingerprint density at radius 2 is 2.12 bits per heavy atom. The smallest absolute Gasteiger partial charge is 0.256 e. The van der Waals surface area contributed by atoms with Crippen LogP contribution in [0.4, 0.5) is 5.82 Å². The fraction of sp³-hybridized carbons (Fsp3) is 0.636. The van der Waals surface area contributed by atoms with Gasteiger partial charge in [-0.15, -0.1) is 0 Å². The number of anilines is 1. The fourth-order valence-corrected chi connectivity index (χ4v) is 2.04. The number of aromatic nitrogens is 2. The Balaban J connectivity index is 1.95. The molecule has 1 fully saturated rings. The van der Waals surface area contributed by atoms with Gasteiger partial charge in [0.25, 0.3) is 5.91 Å². The third-order valence-electron chi connectivity index (χ3n) is 3.28. The standard InChI is InChI=1S/C11H19N5O/c1-15-5-3-8(4-6-15)14-11(17)9-7-13-16(2)10(9)12/h7-8H,3-6,12H2,1-2H3,(H,14,17). The van der Waals surface area contributed by atoms with Crippen molar-refractivity contribution in [2.24, 2.45) is 7.05 Å². The van der Waals surface area contributed by atoms with Crippen LogP contribution >= 0.6 is 0 Å². The maximum absolute atomic E-state index is 12.0. The van der Waals surface area contributed by atoms with Crippen LogP contribution in [-0.2, 0) is 7.05 Å². The van der Waals surface area contributed by atoms with Gasteiger partial charge in [-0.3, -0.25) is 9.48 Å². The molecule has 1 amide bonds. The van der Waals surface area contributed by atoms with Crippen LogP contribution in [0.15, 0.2) is 6.20 Å². The Labute approximate surface area is 101 Å². The van der Waals surface area contributed by atoms with Gasteiger partial charge in [0.2, 0.25) is 0 Å². The highest BCUT2D eigenvalue weighted by atomic mass is 16.1. The van der Waals surface area contributed by atoms with Crippen molar-refractivity contribution in [1.82, 2.24) is 20.0 Å². The number of nitrogens with one attached hydrogen (secondary N) is 1. The van der Waals surface area contributed by atoms with Crippen LogP contribution in [0.2, 0.25) is 0 Å². The number of likely N-dealkylation sites (tertiary alicyclic amines) is 1. The number of piperidine rings is 1. The topological polar surface area (TPSA) is 76.2 Å². The molecule has 2 heterocycles. The molecule has 0 aliphatic carbocycles. The zero-order valence-electron chi connectivity index (χ0n) is 10.3. The van der Waals surface area contributed by atoms with Crippen molar-refractivity contribution in [3.63, 3.8) is 0 Å². The molecule has 1 aliphatic rings. The highest BCUT2D eigenvalue weighted by molar-refractivity contribution is 5.98. The Morgan fingerprint density at radius 1 is 1.47 bits per heavy atom. The monoisotopic (exact) mass is 237 g/mol. The zero-order valence-corrected chi connectivity index (χ0v) is 10.3. The fourth-order valence-electron chi connectivity index (χ4n) is 2.04. The molecule has 0 atom stereocenters. The van der Waals surface area contributed by atoms with E-state index in [0.717, 1.165) is 25.9 Å². The van der Waals surface area contributed by atoms with Gasteiger partial charge in [-0.2, -0.15) is 5.10 Å². The molecular weight excluding hydrogens is 218 g/mol. The van der Waals surface area contributed by atoms with Crippen LogP contribution in [0.1, 0.15) is 23.2 Å². The lowest BCUT2D eigenvalue weighted by Gasteiger charge is -2.29. The van der Waals surface area contributed by atoms with E-state index in [9.17, 15) is 4.79 Å². The van der Waals surface area contributed by atoms with E-state index in [0.29, 0.717) is 11.4 Å². The van der Waals surface area contributed by atoms with E-state index in [2.05, 4.69) is 22.4 Å². The average molecular weight is 237 g/mol. The maximum atomic E-state index is 12.0. The second kappa shape index (κ2) is 4.75. The van der Waals surface area contributed by atoms with E-state index in [1.807, 2.05) is 0 Å². The molecule has 1 aromatic heterocycles. The number of hydrogen-bond donors (Lipinski definition) is 2. The Hall–Kier alpha value is -1.56. The van der Waals surface area contributed by atoms with Crippen LogP contribution in [0.25, 0.3) is 0 Å². The summed E-state index contributed by atoms with van der Waals surface area (Å²) in [7, 11) is 3.82. The lowest BCUT2D eigenvalue weighted by Crippen LogP contribution is -2.43. The molecule has 0 bridgehead atoms. The second-order valence-corrected chi connectivity index (χ2v) is 4.62. The molecule has 1 saturated heterocycles. The number of amides is 1. The molecule has 6 nitrogen and oxygen atoms in total. The Bertz CT molecular complexity index is 406. The van der Waals surface area contributed by atoms with Gasteiger partial charge in [-0.05, 0) is 33.0 Å². The van der Waals surface area contributed by atoms with Crippen LogP contribution in [-0.4, -0.2) is 46.8 Å². The molecule has 0 radical (unpaired) electrons. The molecule has 0 unspecified atom stereocenters. The predicted molar refractivity (Wildman–Crippen MR) is 65.6 cm³/mol. The van der Waals surface area contributed by atoms with Crippen molar-refractivity contribution in [3.05, 3.63) is 11.8 Å². The molecule has 0 aromatic carbocycles. The van der Waals surface area contributed by atoms with Gasteiger partial charge in [-0.25, -0.2) is 0 Å². The predicted octanol–water partition coefficient (Wildman–Crippen LogP) is -0.174. The summed E-state index contributed by atoms with van der Waals surface area (Å²) in [6.45, 7) is 2.04. The molecule has 6 heteroatoms. The molecule has 17 heavy (non-hydrogen) atoms. The number of carbonyl (C=O) groups excluding carboxylic acids is 1. The van der Waals surface area contributed by atoms with Crippen molar-refractivity contribution in [1.29, 1.82) is 0 Å². The third kappa shape index (κ3) is 2.58. The van der Waals surface area contributed by atoms with Gasteiger partial charge in [0.15, 0.2) is 0 Å². The quantitative estimate of drug-likeness (QED) is 0.748. The van der Waals surface area contributed by atoms with E-state index in [4.69, 9.17) is 5.73 Å². The van der Waals surface area contributed by atoms with Gasteiger partial charge in [0, 0.05) is 13.1 Å². The minimum atomic E-state index is -0.120. The summed E-state index contributed by atoms with van der Waals surface area (Å²) >= 11 is 0. The van der Waals surface area contributed by atoms with E-state index < -0.39 is 0 Å². The first-order valence-corrected chi connectivity index (χ1v) is 5.85. The highest BCUT2D eigenvalue weighted by Gasteiger charge is 2.21. The lowest BCUT2D eigenvalue weighted by atomic mass is 10.1. The second-order valence-electron chi connectivity index (χ2n) is 4.62. The van der Waals surface area contributed by atoms with E-state index in [1.165, 1.54) is 10.9 Å². The normalized spacial score (nSPS) is 18.2. The van der Waals surface area contributed by atoms with Crippen molar-refractivity contribution in [3.8, 4) is 0 Å². The van der Waals surface area contributed by atoms with E-state index in [1.54, 1.807) is 7.05 Å². The summed E-state index contributed by atoms with van der Waals surface area (Å²) in [4.78, 5) is 14.2. The molecule has 1 aromatic rings. The van der Waals surface area contributed by atoms with Crippen molar-refractivity contribution < 1.29 is 4.79 Å². The summed E-state index contributed by atoms with van der Waals surface area (Å²) in [6, 6.07) is 0.248. The van der Waals surface area contributed by atoms with Gasteiger partial charge in [0.1, 0.15) is 11.4 Å². The summed E-state index contributed by atoms with van der Waals surface area (Å²) in [5.41, 5.74) is 6.23. The molecule has 0 saturated carbocycles. The van der Waals surface area contributed by atoms with E-state index in [-0.39, 0.29) is 11.9 Å². The number of nitrogens with two attached hydrogens (primary N) is 1. The minimum Gasteiger partial charge on any atom is -0.383 e. The first-order chi connectivity index (χ1) is 8.08. The molecule has 3 N–H and O–H groups in total. The summed E-state index contributed by atoms with van der Waals surface area (Å²) in [6.07, 6.45) is 3.49. The van der Waals surface area contributed by atoms with Crippen LogP contribution in [0, 0.1) is 0 Å². The molecular formula is C11H19N5O. The Kier molecular flexibility index (Phi) is 3.33. The van der Waals surface area contributed by atoms with Crippen molar-refractivity contribution in [2.75, 3.05) is 25.9 Å². The van der Waals surface area contributed by atoms with Gasteiger partial charge < -0.3 is 16.0 Å². The SMILES string of the molecule is CN1CCC(NC(=O)c2cnn(C)c2N)CC1. The van der Waals surface area contributed by atoms with Crippen molar-refractivity contribution in [2.45, 2.75) is 18.9 Å². The first kappa shape index (κ1) is 11.9. The number of aryl methyl sites for hydroxylation is 1. The first-order valence-electron chi connectivity index (χ1n) is 5.85. The third-order valence-corrected chi connectivity index (χ3v) is 3.28. The van der Waals surface area contributed by atoms with Gasteiger partial charge >= 0.3 is 0 Å². The summed E-state index contributed by atoms with van der Waals surface area (Å²) in [5.74, 6) is 0.292. The highest BCUT2D eigenvalue weighted by Crippen LogP contribution is 2.12. The molecule has 94 valence electrons. The average Bonchev–Trinajstić information content (AvgIpc) is 2.63. The number of nitrogens with zero attached hydrogens (tertiary/aromatic N) is 3. The number of rotatable bonds is 2. The van der Waals surface area contributed by atoms with Crippen LogP contribution in [0.3, 0.4) is 0 Å². The van der Waals surface area contributed by atoms with Gasteiger partial charge in [-0.1, -0.05) is 0 Å². The summed E-state index contributed by atoms with van der Waals surface area (Å²) < 4.78 is 1.50. The van der Waals surface area contributed by atoms with Crippen LogP contribution < -0.4 is 11.1 Å². The van der Waals surface area contributed by atoms with Crippen LogP contribution in [0.5, 0.6) is 0 Å². The number of hydrogen-bond acceptors (Lipinski definition) is 4. The maximum Gasteiger partial charge on any atom is 0.256 e. The molecule has 1 aliphatic heterocycles. The number of carbonyl (C=O) groups is 1. The largest absolute Gasteiger partial charge is 0.383 e. The zero-order chi connectivity index (χ0) is 12.4. The molecule has 0 spiro atoms. The minimum absolute atomic E-state index is 0.120.